The van der Waals surface area contributed by atoms with Gasteiger partial charge in [0, 0.05) is 37.7 Å². The standard InChI is InChI=1S/C28H30N6O/c1-20-10-8-9-13-25(20)31-28(35)34(24-16-14-23(15-17-24)33(3)4)26-18-19-29-27(32-26)30-21(2)22-11-6-5-7-12-22/h5-19,21H,1-4H3,(H,31,35)(H,29,30,32)/t21-/m0/s1. The van der Waals surface area contributed by atoms with Gasteiger partial charge in [0.15, 0.2) is 0 Å². The van der Waals surface area contributed by atoms with Crippen LogP contribution in [0.25, 0.3) is 0 Å². The number of aryl methyl sites for hydroxylation is 1. The van der Waals surface area contributed by atoms with E-state index in [0.717, 1.165) is 22.5 Å². The molecule has 4 aromatic rings. The van der Waals surface area contributed by atoms with Gasteiger partial charge in [-0.05, 0) is 55.3 Å². The van der Waals surface area contributed by atoms with Crippen LogP contribution in [0.2, 0.25) is 0 Å². The number of nitrogens with zero attached hydrogens (tertiary/aromatic N) is 4. The summed E-state index contributed by atoms with van der Waals surface area (Å²) in [5, 5.41) is 6.37. The van der Waals surface area contributed by atoms with Crippen molar-refractivity contribution in [1.29, 1.82) is 0 Å². The van der Waals surface area contributed by atoms with Gasteiger partial charge in [-0.25, -0.2) is 14.7 Å². The first-order chi connectivity index (χ1) is 16.9. The molecule has 1 aromatic heterocycles. The Kier molecular flexibility index (Phi) is 7.26. The molecule has 178 valence electrons. The second kappa shape index (κ2) is 10.7. The van der Waals surface area contributed by atoms with Gasteiger partial charge in [-0.1, -0.05) is 48.5 Å². The largest absolute Gasteiger partial charge is 0.378 e. The van der Waals surface area contributed by atoms with E-state index in [0.29, 0.717) is 17.5 Å². The van der Waals surface area contributed by atoms with Crippen LogP contribution in [0.3, 0.4) is 0 Å². The maximum Gasteiger partial charge on any atom is 0.332 e. The van der Waals surface area contributed by atoms with E-state index in [1.165, 1.54) is 0 Å². The van der Waals surface area contributed by atoms with Gasteiger partial charge in [0.05, 0.1) is 11.7 Å². The lowest BCUT2D eigenvalue weighted by atomic mass is 10.1. The van der Waals surface area contributed by atoms with Crippen molar-refractivity contribution in [2.24, 2.45) is 0 Å². The van der Waals surface area contributed by atoms with Crippen molar-refractivity contribution in [2.75, 3.05) is 34.5 Å². The molecule has 0 bridgehead atoms. The average Bonchev–Trinajstić information content (AvgIpc) is 2.87. The summed E-state index contributed by atoms with van der Waals surface area (Å²) in [6, 6.07) is 27.0. The summed E-state index contributed by atoms with van der Waals surface area (Å²) in [4.78, 5) is 26.2. The van der Waals surface area contributed by atoms with E-state index in [1.807, 2.05) is 99.6 Å². The molecule has 0 unspecified atom stereocenters. The third-order valence-electron chi connectivity index (χ3n) is 5.73. The molecule has 0 saturated heterocycles. The third-order valence-corrected chi connectivity index (χ3v) is 5.73. The molecular formula is C28H30N6O. The van der Waals surface area contributed by atoms with E-state index in [-0.39, 0.29) is 12.1 Å². The van der Waals surface area contributed by atoms with Crippen LogP contribution in [-0.4, -0.2) is 30.1 Å². The van der Waals surface area contributed by atoms with Gasteiger partial charge in [-0.2, -0.15) is 4.98 Å². The van der Waals surface area contributed by atoms with Crippen LogP contribution in [0.1, 0.15) is 24.1 Å². The Hall–Kier alpha value is -4.39. The molecule has 1 heterocycles. The number of hydrogen-bond donors (Lipinski definition) is 2. The Bertz CT molecular complexity index is 1270. The van der Waals surface area contributed by atoms with Gasteiger partial charge in [0.2, 0.25) is 5.95 Å². The normalized spacial score (nSPS) is 11.4. The summed E-state index contributed by atoms with van der Waals surface area (Å²) >= 11 is 0. The Morgan fingerprint density at radius 3 is 2.20 bits per heavy atom. The first kappa shape index (κ1) is 23.8. The highest BCUT2D eigenvalue weighted by Crippen LogP contribution is 2.28. The molecule has 0 aliphatic rings. The summed E-state index contributed by atoms with van der Waals surface area (Å²) in [7, 11) is 3.96. The number of carbonyl (C=O) groups is 1. The number of benzene rings is 3. The van der Waals surface area contributed by atoms with E-state index >= 15 is 0 Å². The number of rotatable bonds is 7. The molecule has 0 radical (unpaired) electrons. The second-order valence-corrected chi connectivity index (χ2v) is 8.51. The zero-order valence-corrected chi connectivity index (χ0v) is 20.4. The minimum atomic E-state index is -0.308. The van der Waals surface area contributed by atoms with Crippen LogP contribution >= 0.6 is 0 Å². The Labute approximate surface area is 206 Å². The molecule has 2 amide bonds. The van der Waals surface area contributed by atoms with E-state index in [1.54, 1.807) is 17.2 Å². The first-order valence-electron chi connectivity index (χ1n) is 11.5. The van der Waals surface area contributed by atoms with Crippen LogP contribution in [0.5, 0.6) is 0 Å². The second-order valence-electron chi connectivity index (χ2n) is 8.51. The van der Waals surface area contributed by atoms with Crippen molar-refractivity contribution in [1.82, 2.24) is 9.97 Å². The average molecular weight is 467 g/mol. The van der Waals surface area contributed by atoms with Crippen molar-refractivity contribution in [2.45, 2.75) is 19.9 Å². The number of anilines is 5. The highest BCUT2D eigenvalue weighted by Gasteiger charge is 2.21. The van der Waals surface area contributed by atoms with Gasteiger partial charge in [0.1, 0.15) is 5.82 Å². The fourth-order valence-corrected chi connectivity index (χ4v) is 3.70. The molecule has 0 saturated carbocycles. The van der Waals surface area contributed by atoms with Crippen molar-refractivity contribution in [3.8, 4) is 0 Å². The topological polar surface area (TPSA) is 73.4 Å². The minimum Gasteiger partial charge on any atom is -0.378 e. The van der Waals surface area contributed by atoms with E-state index in [9.17, 15) is 4.79 Å². The molecule has 7 nitrogen and oxygen atoms in total. The van der Waals surface area contributed by atoms with Gasteiger partial charge < -0.3 is 15.5 Å². The van der Waals surface area contributed by atoms with Crippen molar-refractivity contribution >= 4 is 34.9 Å². The van der Waals surface area contributed by atoms with Gasteiger partial charge in [-0.3, -0.25) is 0 Å². The number of amides is 2. The lowest BCUT2D eigenvalue weighted by Crippen LogP contribution is -2.32. The summed E-state index contributed by atoms with van der Waals surface area (Å²) in [6.45, 7) is 4.01. The molecular weight excluding hydrogens is 436 g/mol. The minimum absolute atomic E-state index is 0.0000646. The lowest BCUT2D eigenvalue weighted by Gasteiger charge is -2.24. The summed E-state index contributed by atoms with van der Waals surface area (Å²) in [5.74, 6) is 0.906. The Morgan fingerprint density at radius 1 is 0.857 bits per heavy atom. The third kappa shape index (κ3) is 5.76. The van der Waals surface area contributed by atoms with Gasteiger partial charge in [0.25, 0.3) is 0 Å². The number of nitrogens with one attached hydrogen (secondary N) is 2. The Morgan fingerprint density at radius 2 is 1.51 bits per heavy atom. The van der Waals surface area contributed by atoms with Crippen LogP contribution in [0.15, 0.2) is 91.1 Å². The molecule has 0 aliphatic carbocycles. The zero-order chi connectivity index (χ0) is 24.8. The molecule has 3 aromatic carbocycles. The number of aromatic nitrogens is 2. The Balaban J connectivity index is 1.67. The van der Waals surface area contributed by atoms with Crippen LogP contribution in [-0.2, 0) is 0 Å². The van der Waals surface area contributed by atoms with Crippen LogP contribution < -0.4 is 20.4 Å². The van der Waals surface area contributed by atoms with E-state index < -0.39 is 0 Å². The van der Waals surface area contributed by atoms with Gasteiger partial charge >= 0.3 is 6.03 Å². The van der Waals surface area contributed by atoms with Crippen LogP contribution in [0.4, 0.5) is 33.6 Å². The maximum absolute atomic E-state index is 13.6. The lowest BCUT2D eigenvalue weighted by molar-refractivity contribution is 0.259. The quantitative estimate of drug-likeness (QED) is 0.330. The summed E-state index contributed by atoms with van der Waals surface area (Å²) in [6.07, 6.45) is 1.66. The molecule has 0 aliphatic heterocycles. The molecule has 1 atom stereocenters. The fourth-order valence-electron chi connectivity index (χ4n) is 3.70. The van der Waals surface area contributed by atoms with Crippen LogP contribution in [0, 0.1) is 6.92 Å². The molecule has 2 N–H and O–H groups in total. The van der Waals surface area contributed by atoms with Crippen molar-refractivity contribution < 1.29 is 4.79 Å². The van der Waals surface area contributed by atoms with Crippen molar-refractivity contribution in [3.05, 3.63) is 102 Å². The molecule has 35 heavy (non-hydrogen) atoms. The predicted molar refractivity (Wildman–Crippen MR) is 144 cm³/mol. The summed E-state index contributed by atoms with van der Waals surface area (Å²) in [5.41, 5.74) is 4.58. The van der Waals surface area contributed by atoms with E-state index in [2.05, 4.69) is 27.8 Å². The number of carbonyl (C=O) groups excluding carboxylic acids is 1. The predicted octanol–water partition coefficient (Wildman–Crippen LogP) is 6.39. The first-order valence-corrected chi connectivity index (χ1v) is 11.5. The molecule has 7 heteroatoms. The molecule has 0 fully saturated rings. The monoisotopic (exact) mass is 466 g/mol. The smallest absolute Gasteiger partial charge is 0.332 e. The molecule has 0 spiro atoms. The van der Waals surface area contributed by atoms with Gasteiger partial charge in [-0.15, -0.1) is 0 Å². The zero-order valence-electron chi connectivity index (χ0n) is 20.4. The number of urea groups is 1. The number of hydrogen-bond acceptors (Lipinski definition) is 5. The molecule has 4 rings (SSSR count). The highest BCUT2D eigenvalue weighted by molar-refractivity contribution is 6.06. The number of para-hydroxylation sites is 1. The van der Waals surface area contributed by atoms with E-state index in [4.69, 9.17) is 4.98 Å². The summed E-state index contributed by atoms with van der Waals surface area (Å²) < 4.78 is 0. The maximum atomic E-state index is 13.6. The SMILES string of the molecule is Cc1ccccc1NC(=O)N(c1ccc(N(C)C)cc1)c1ccnc(N[C@@H](C)c2ccccc2)n1. The van der Waals surface area contributed by atoms with Crippen molar-refractivity contribution in [3.63, 3.8) is 0 Å². The fraction of sp³-hybridized carbons (Fsp3) is 0.179. The highest BCUT2D eigenvalue weighted by atomic mass is 16.2.